The van der Waals surface area contributed by atoms with Gasteiger partial charge in [0.2, 0.25) is 0 Å². The van der Waals surface area contributed by atoms with Crippen molar-refractivity contribution in [3.63, 3.8) is 0 Å². The molecule has 0 N–H and O–H groups in total. The Kier molecular flexibility index (Phi) is 6.41. The van der Waals surface area contributed by atoms with Gasteiger partial charge >= 0.3 is 0 Å². The normalized spacial score (nSPS) is 12.2. The second-order valence-electron chi connectivity index (χ2n) is 7.73. The summed E-state index contributed by atoms with van der Waals surface area (Å²) in [5.41, 5.74) is 1.16. The van der Waals surface area contributed by atoms with Crippen molar-refractivity contribution in [1.29, 1.82) is 0 Å². The van der Waals surface area contributed by atoms with Gasteiger partial charge in [-0.05, 0) is 39.2 Å². The van der Waals surface area contributed by atoms with Crippen LogP contribution >= 0.6 is 31.9 Å². The van der Waals surface area contributed by atoms with E-state index in [9.17, 15) is 0 Å². The monoisotopic (exact) mass is 502 g/mol. The highest BCUT2D eigenvalue weighted by molar-refractivity contribution is 9.11. The molecule has 0 atom stereocenters. The van der Waals surface area contributed by atoms with Crippen LogP contribution in [0.4, 0.5) is 0 Å². The van der Waals surface area contributed by atoms with Gasteiger partial charge in [0.05, 0.1) is 6.61 Å². The van der Waals surface area contributed by atoms with E-state index >= 15 is 0 Å². The largest absolute Gasteiger partial charge is 0.403 e. The zero-order chi connectivity index (χ0) is 19.5. The molecule has 0 radical (unpaired) electrons. The SMILES string of the molecule is CC(C)(C)[Si](OCc1cc(Br)cc(Br)c1)(c1ccccc1)c1ccccc1. The standard InChI is InChI=1S/C23H24Br2OSi/c1-23(2,3)27(21-10-6-4-7-11-21,22-12-8-5-9-13-22)26-17-18-14-19(24)16-20(25)15-18/h4-16H,17H2,1-3H3. The molecule has 27 heavy (non-hydrogen) atoms. The summed E-state index contributed by atoms with van der Waals surface area (Å²) in [7, 11) is -2.50. The van der Waals surface area contributed by atoms with E-state index < -0.39 is 8.32 Å². The van der Waals surface area contributed by atoms with Gasteiger partial charge in [0.15, 0.2) is 0 Å². The van der Waals surface area contributed by atoms with Crippen LogP contribution < -0.4 is 10.4 Å². The van der Waals surface area contributed by atoms with E-state index in [4.69, 9.17) is 4.43 Å². The first kappa shape index (κ1) is 20.5. The van der Waals surface area contributed by atoms with Crippen LogP contribution in [0.25, 0.3) is 0 Å². The summed E-state index contributed by atoms with van der Waals surface area (Å²) in [4.78, 5) is 0. The van der Waals surface area contributed by atoms with Gasteiger partial charge in [-0.15, -0.1) is 0 Å². The molecule has 0 saturated heterocycles. The molecule has 0 bridgehead atoms. The average molecular weight is 504 g/mol. The van der Waals surface area contributed by atoms with Crippen LogP contribution in [0.3, 0.4) is 0 Å². The first-order chi connectivity index (χ1) is 12.8. The van der Waals surface area contributed by atoms with E-state index in [0.29, 0.717) is 6.61 Å². The molecule has 0 spiro atoms. The van der Waals surface area contributed by atoms with Crippen molar-refractivity contribution in [3.8, 4) is 0 Å². The second-order valence-corrected chi connectivity index (χ2v) is 13.9. The fourth-order valence-corrected chi connectivity index (χ4v) is 9.57. The molecule has 0 unspecified atom stereocenters. The lowest BCUT2D eigenvalue weighted by Gasteiger charge is -2.43. The van der Waals surface area contributed by atoms with Gasteiger partial charge in [0, 0.05) is 8.95 Å². The van der Waals surface area contributed by atoms with Gasteiger partial charge in [0.25, 0.3) is 8.32 Å². The maximum Gasteiger partial charge on any atom is 0.261 e. The summed E-state index contributed by atoms with van der Waals surface area (Å²) in [5, 5.41) is 2.59. The van der Waals surface area contributed by atoms with E-state index in [2.05, 4.69) is 125 Å². The molecule has 0 aliphatic heterocycles. The molecule has 3 aromatic carbocycles. The molecule has 140 valence electrons. The third-order valence-corrected chi connectivity index (χ3v) is 10.7. The molecule has 0 saturated carbocycles. The van der Waals surface area contributed by atoms with Gasteiger partial charge in [-0.25, -0.2) is 0 Å². The van der Waals surface area contributed by atoms with Gasteiger partial charge < -0.3 is 4.43 Å². The van der Waals surface area contributed by atoms with Crippen LogP contribution in [0.1, 0.15) is 26.3 Å². The topological polar surface area (TPSA) is 9.23 Å². The summed E-state index contributed by atoms with van der Waals surface area (Å²) in [5.74, 6) is 0. The smallest absolute Gasteiger partial charge is 0.261 e. The highest BCUT2D eigenvalue weighted by atomic mass is 79.9. The van der Waals surface area contributed by atoms with Crippen LogP contribution in [0.2, 0.25) is 5.04 Å². The molecule has 0 amide bonds. The molecule has 0 aliphatic carbocycles. The maximum absolute atomic E-state index is 6.96. The predicted molar refractivity (Wildman–Crippen MR) is 124 cm³/mol. The van der Waals surface area contributed by atoms with Crippen LogP contribution in [0.5, 0.6) is 0 Å². The predicted octanol–water partition coefficient (Wildman–Crippen LogP) is 6.29. The van der Waals surface area contributed by atoms with Gasteiger partial charge in [0.1, 0.15) is 0 Å². The molecule has 4 heteroatoms. The Morgan fingerprint density at radius 3 is 1.59 bits per heavy atom. The van der Waals surface area contributed by atoms with Crippen molar-refractivity contribution in [2.24, 2.45) is 0 Å². The Bertz CT molecular complexity index is 830. The second kappa shape index (κ2) is 8.44. The van der Waals surface area contributed by atoms with Crippen molar-refractivity contribution < 1.29 is 4.43 Å². The summed E-state index contributed by atoms with van der Waals surface area (Å²) in [6.45, 7) is 7.48. The lowest BCUT2D eigenvalue weighted by atomic mass is 10.2. The van der Waals surface area contributed by atoms with Crippen molar-refractivity contribution in [3.05, 3.63) is 93.4 Å². The molecule has 0 fully saturated rings. The third kappa shape index (κ3) is 4.45. The molecule has 3 rings (SSSR count). The van der Waals surface area contributed by atoms with Gasteiger partial charge in [-0.2, -0.15) is 0 Å². The van der Waals surface area contributed by atoms with Crippen molar-refractivity contribution in [2.45, 2.75) is 32.4 Å². The molecular weight excluding hydrogens is 480 g/mol. The van der Waals surface area contributed by atoms with Crippen molar-refractivity contribution in [2.75, 3.05) is 0 Å². The summed E-state index contributed by atoms with van der Waals surface area (Å²) >= 11 is 7.18. The molecule has 1 nitrogen and oxygen atoms in total. The Morgan fingerprint density at radius 1 is 0.741 bits per heavy atom. The fraction of sp³-hybridized carbons (Fsp3) is 0.217. The highest BCUT2D eigenvalue weighted by Gasteiger charge is 2.50. The first-order valence-electron chi connectivity index (χ1n) is 9.03. The first-order valence-corrected chi connectivity index (χ1v) is 12.5. The quantitative estimate of drug-likeness (QED) is 0.372. The highest BCUT2D eigenvalue weighted by Crippen LogP contribution is 2.37. The molecule has 0 aromatic heterocycles. The molecule has 0 aliphatic rings. The fourth-order valence-electron chi connectivity index (χ4n) is 3.65. The Balaban J connectivity index is 2.11. The summed E-state index contributed by atoms with van der Waals surface area (Å²) in [6.07, 6.45) is 0. The van der Waals surface area contributed by atoms with E-state index in [1.807, 2.05) is 6.07 Å². The van der Waals surface area contributed by atoms with Crippen molar-refractivity contribution in [1.82, 2.24) is 0 Å². The molecule has 0 heterocycles. The minimum atomic E-state index is -2.50. The van der Waals surface area contributed by atoms with Crippen LogP contribution in [0, 0.1) is 0 Å². The Morgan fingerprint density at radius 2 is 1.19 bits per heavy atom. The Hall–Kier alpha value is -1.20. The Labute approximate surface area is 180 Å². The number of halogens is 2. The lowest BCUT2D eigenvalue weighted by Crippen LogP contribution is -2.66. The minimum absolute atomic E-state index is 0.0149. The van der Waals surface area contributed by atoms with E-state index in [0.717, 1.165) is 14.5 Å². The van der Waals surface area contributed by atoms with Gasteiger partial charge in [-0.1, -0.05) is 113 Å². The lowest BCUT2D eigenvalue weighted by molar-refractivity contribution is 0.286. The zero-order valence-corrected chi connectivity index (χ0v) is 20.0. The third-order valence-electron chi connectivity index (χ3n) is 4.79. The summed E-state index contributed by atoms with van der Waals surface area (Å²) < 4.78 is 9.07. The number of hydrogen-bond donors (Lipinski definition) is 0. The van der Waals surface area contributed by atoms with E-state index in [1.165, 1.54) is 10.4 Å². The molecular formula is C23H24Br2OSi. The van der Waals surface area contributed by atoms with Crippen molar-refractivity contribution >= 4 is 50.6 Å². The molecule has 3 aromatic rings. The van der Waals surface area contributed by atoms with Crippen LogP contribution in [-0.4, -0.2) is 8.32 Å². The summed E-state index contributed by atoms with van der Waals surface area (Å²) in [6, 6.07) is 27.8. The van der Waals surface area contributed by atoms with E-state index in [1.54, 1.807) is 0 Å². The minimum Gasteiger partial charge on any atom is -0.403 e. The van der Waals surface area contributed by atoms with Gasteiger partial charge in [-0.3, -0.25) is 0 Å². The number of rotatable bonds is 5. The van der Waals surface area contributed by atoms with Crippen LogP contribution in [0.15, 0.2) is 87.8 Å². The average Bonchev–Trinajstić information content (AvgIpc) is 2.62. The van der Waals surface area contributed by atoms with E-state index in [-0.39, 0.29) is 5.04 Å². The zero-order valence-electron chi connectivity index (χ0n) is 15.9. The number of hydrogen-bond acceptors (Lipinski definition) is 1. The number of benzene rings is 3. The van der Waals surface area contributed by atoms with Crippen LogP contribution in [-0.2, 0) is 11.0 Å². The maximum atomic E-state index is 6.96.